The average molecular weight is 375 g/mol. The first kappa shape index (κ1) is 14.6. The molecule has 0 radical (unpaired) electrons. The van der Waals surface area contributed by atoms with E-state index in [1.54, 1.807) is 0 Å². The number of nitrogens with zero attached hydrogens (tertiary/aromatic N) is 3. The molecule has 2 aliphatic rings. The summed E-state index contributed by atoms with van der Waals surface area (Å²) in [6, 6.07) is 2.73. The molecule has 0 amide bonds. The normalized spacial score (nSPS) is 19.5. The Labute approximate surface area is 131 Å². The van der Waals surface area contributed by atoms with Gasteiger partial charge in [0, 0.05) is 19.3 Å². The van der Waals surface area contributed by atoms with E-state index in [1.165, 1.54) is 25.7 Å². The predicted molar refractivity (Wildman–Crippen MR) is 86.9 cm³/mol. The van der Waals surface area contributed by atoms with Crippen molar-refractivity contribution in [2.45, 2.75) is 44.7 Å². The molecule has 1 aliphatic heterocycles. The van der Waals surface area contributed by atoms with Crippen LogP contribution in [-0.2, 0) is 6.54 Å². The molecule has 1 aromatic heterocycles. The fourth-order valence-corrected chi connectivity index (χ4v) is 2.67. The van der Waals surface area contributed by atoms with Crippen molar-refractivity contribution in [3.63, 3.8) is 0 Å². The van der Waals surface area contributed by atoms with Gasteiger partial charge < -0.3 is 10.6 Å². The maximum absolute atomic E-state index is 4.65. The summed E-state index contributed by atoms with van der Waals surface area (Å²) in [7, 11) is 0. The molecular weight excluding hydrogens is 353 g/mol. The van der Waals surface area contributed by atoms with Gasteiger partial charge in [-0.15, -0.1) is 24.0 Å². The highest BCUT2D eigenvalue weighted by atomic mass is 127. The quantitative estimate of drug-likeness (QED) is 0.796. The first-order valence-corrected chi connectivity index (χ1v) is 6.98. The number of halogens is 1. The summed E-state index contributed by atoms with van der Waals surface area (Å²) < 4.78 is 2.14. The molecule has 3 rings (SSSR count). The average Bonchev–Trinajstić information content (AvgIpc) is 3.08. The number of hydrogen-bond acceptors (Lipinski definition) is 4. The Morgan fingerprint density at radius 3 is 2.89 bits per heavy atom. The monoisotopic (exact) mass is 375 g/mol. The number of hydrogen-bond donors (Lipinski definition) is 2. The first-order valence-electron chi connectivity index (χ1n) is 6.98. The van der Waals surface area contributed by atoms with Gasteiger partial charge in [-0.2, -0.15) is 5.10 Å². The van der Waals surface area contributed by atoms with Crippen molar-refractivity contribution in [1.29, 1.82) is 0 Å². The minimum Gasteiger partial charge on any atom is -0.356 e. The van der Waals surface area contributed by atoms with Crippen LogP contribution in [-0.4, -0.2) is 28.8 Å². The number of guanidine groups is 1. The number of rotatable bonds is 3. The highest BCUT2D eigenvalue weighted by Crippen LogP contribution is 2.28. The van der Waals surface area contributed by atoms with Gasteiger partial charge >= 0.3 is 0 Å². The number of aliphatic imine (C=N–C) groups is 1. The molecule has 0 atom stereocenters. The van der Waals surface area contributed by atoms with Crippen LogP contribution in [0.1, 0.15) is 43.8 Å². The molecule has 0 spiro atoms. The lowest BCUT2D eigenvalue weighted by Crippen LogP contribution is -2.40. The van der Waals surface area contributed by atoms with Gasteiger partial charge in [0.15, 0.2) is 5.96 Å². The highest BCUT2D eigenvalue weighted by Gasteiger charge is 2.17. The summed E-state index contributed by atoms with van der Waals surface area (Å²) in [6.07, 6.45) is 8.49. The van der Waals surface area contributed by atoms with E-state index in [9.17, 15) is 0 Å². The summed E-state index contributed by atoms with van der Waals surface area (Å²) in [5.41, 5.74) is 1.09. The van der Waals surface area contributed by atoms with Gasteiger partial charge in [0.1, 0.15) is 0 Å². The van der Waals surface area contributed by atoms with E-state index in [4.69, 9.17) is 0 Å². The van der Waals surface area contributed by atoms with Crippen LogP contribution in [0.4, 0.5) is 0 Å². The van der Waals surface area contributed by atoms with Gasteiger partial charge in [0.25, 0.3) is 0 Å². The molecule has 1 fully saturated rings. The van der Waals surface area contributed by atoms with Crippen LogP contribution in [0.25, 0.3) is 0 Å². The van der Waals surface area contributed by atoms with Crippen LogP contribution in [0.3, 0.4) is 0 Å². The van der Waals surface area contributed by atoms with Gasteiger partial charge in [-0.25, -0.2) is 0 Å². The maximum atomic E-state index is 4.65. The van der Waals surface area contributed by atoms with Crippen LogP contribution in [0, 0.1) is 0 Å². The Morgan fingerprint density at radius 2 is 2.16 bits per heavy atom. The van der Waals surface area contributed by atoms with Crippen LogP contribution < -0.4 is 10.6 Å². The molecule has 1 saturated carbocycles. The molecule has 0 aromatic carbocycles. The lowest BCUT2D eigenvalue weighted by molar-refractivity contribution is 0.462. The SMILES string of the molecule is I.c1cn(C2CCCC2)nc1CNC1=NCCCN1. The Bertz CT molecular complexity index is 422. The predicted octanol–water partition coefficient (Wildman–Crippen LogP) is 2.06. The van der Waals surface area contributed by atoms with E-state index in [2.05, 4.69) is 37.7 Å². The van der Waals surface area contributed by atoms with Gasteiger partial charge in [-0.3, -0.25) is 9.67 Å². The van der Waals surface area contributed by atoms with Crippen molar-refractivity contribution in [1.82, 2.24) is 20.4 Å². The Kier molecular flexibility index (Phi) is 5.47. The molecule has 5 nitrogen and oxygen atoms in total. The van der Waals surface area contributed by atoms with E-state index in [-0.39, 0.29) is 24.0 Å². The topological polar surface area (TPSA) is 54.2 Å². The van der Waals surface area contributed by atoms with Crippen molar-refractivity contribution in [3.8, 4) is 0 Å². The second-order valence-electron chi connectivity index (χ2n) is 5.09. The van der Waals surface area contributed by atoms with Crippen LogP contribution in [0.15, 0.2) is 17.3 Å². The Morgan fingerprint density at radius 1 is 1.32 bits per heavy atom. The third-order valence-corrected chi connectivity index (χ3v) is 3.70. The van der Waals surface area contributed by atoms with Crippen molar-refractivity contribution in [2.24, 2.45) is 4.99 Å². The van der Waals surface area contributed by atoms with E-state index in [0.29, 0.717) is 6.04 Å². The molecule has 0 saturated heterocycles. The third-order valence-electron chi connectivity index (χ3n) is 3.70. The van der Waals surface area contributed by atoms with Crippen LogP contribution in [0.2, 0.25) is 0 Å². The maximum Gasteiger partial charge on any atom is 0.191 e. The fraction of sp³-hybridized carbons (Fsp3) is 0.692. The second-order valence-corrected chi connectivity index (χ2v) is 5.09. The Balaban J connectivity index is 0.00000133. The van der Waals surface area contributed by atoms with Crippen LogP contribution in [0.5, 0.6) is 0 Å². The fourth-order valence-electron chi connectivity index (χ4n) is 2.67. The largest absolute Gasteiger partial charge is 0.356 e. The zero-order chi connectivity index (χ0) is 12.2. The van der Waals surface area contributed by atoms with Gasteiger partial charge in [0.2, 0.25) is 0 Å². The molecule has 1 aliphatic carbocycles. The standard InChI is InChI=1S/C13H21N5.HI/c1-2-5-12(4-1)18-9-6-11(17-18)10-16-13-14-7-3-8-15-13;/h6,9,12H,1-5,7-8,10H2,(H2,14,15,16);1H. The zero-order valence-corrected chi connectivity index (χ0v) is 13.5. The smallest absolute Gasteiger partial charge is 0.191 e. The van der Waals surface area contributed by atoms with E-state index < -0.39 is 0 Å². The summed E-state index contributed by atoms with van der Waals surface area (Å²) in [6.45, 7) is 2.69. The molecule has 2 N–H and O–H groups in total. The number of nitrogens with one attached hydrogen (secondary N) is 2. The lowest BCUT2D eigenvalue weighted by atomic mass is 10.3. The molecule has 0 unspecified atom stereocenters. The first-order chi connectivity index (χ1) is 8.92. The summed E-state index contributed by atoms with van der Waals surface area (Å²) in [4.78, 5) is 4.39. The summed E-state index contributed by atoms with van der Waals surface area (Å²) in [5, 5.41) is 11.2. The van der Waals surface area contributed by atoms with Gasteiger partial charge in [-0.05, 0) is 25.3 Å². The Hall–Kier alpha value is -0.790. The molecule has 106 valence electrons. The van der Waals surface area contributed by atoms with Crippen molar-refractivity contribution in [3.05, 3.63) is 18.0 Å². The van der Waals surface area contributed by atoms with Gasteiger partial charge in [-0.1, -0.05) is 12.8 Å². The molecule has 0 bridgehead atoms. The van der Waals surface area contributed by atoms with Crippen molar-refractivity contribution >= 4 is 29.9 Å². The molecule has 2 heterocycles. The highest BCUT2D eigenvalue weighted by molar-refractivity contribution is 14.0. The third kappa shape index (κ3) is 3.84. The minimum absolute atomic E-state index is 0. The molecule has 19 heavy (non-hydrogen) atoms. The van der Waals surface area contributed by atoms with Crippen LogP contribution >= 0.6 is 24.0 Å². The molecule has 6 heteroatoms. The molecule has 1 aromatic rings. The summed E-state index contributed by atoms with van der Waals surface area (Å²) in [5.74, 6) is 0.914. The van der Waals surface area contributed by atoms with Gasteiger partial charge in [0.05, 0.1) is 18.3 Å². The van der Waals surface area contributed by atoms with E-state index >= 15 is 0 Å². The van der Waals surface area contributed by atoms with Crippen molar-refractivity contribution in [2.75, 3.05) is 13.1 Å². The second kappa shape index (κ2) is 7.12. The van der Waals surface area contributed by atoms with E-state index in [0.717, 1.165) is 37.7 Å². The zero-order valence-electron chi connectivity index (χ0n) is 11.1. The summed E-state index contributed by atoms with van der Waals surface area (Å²) >= 11 is 0. The number of aromatic nitrogens is 2. The minimum atomic E-state index is 0. The molecular formula is C13H22IN5. The van der Waals surface area contributed by atoms with E-state index in [1.807, 2.05) is 0 Å². The lowest BCUT2D eigenvalue weighted by Gasteiger charge is -2.15. The van der Waals surface area contributed by atoms with Crippen molar-refractivity contribution < 1.29 is 0 Å².